The molecule has 0 saturated carbocycles. The lowest BCUT2D eigenvalue weighted by Crippen LogP contribution is -2.32. The molecule has 0 saturated heterocycles. The zero-order chi connectivity index (χ0) is 14.3. The number of ether oxygens (including phenoxy) is 1. The van der Waals surface area contributed by atoms with Crippen LogP contribution in [-0.4, -0.2) is 37.5 Å². The van der Waals surface area contributed by atoms with Crippen LogP contribution in [0.1, 0.15) is 12.0 Å². The topological polar surface area (TPSA) is 70.6 Å². The highest BCUT2D eigenvalue weighted by Gasteiger charge is 2.07. The van der Waals surface area contributed by atoms with Crippen LogP contribution in [0.2, 0.25) is 0 Å². The first-order valence-electron chi connectivity index (χ1n) is 6.01. The van der Waals surface area contributed by atoms with Gasteiger partial charge in [0.05, 0.1) is 18.4 Å². The highest BCUT2D eigenvalue weighted by molar-refractivity contribution is 9.10. The summed E-state index contributed by atoms with van der Waals surface area (Å²) in [5, 5.41) is 14.9. The van der Waals surface area contributed by atoms with Crippen molar-refractivity contribution in [3.05, 3.63) is 28.2 Å². The molecule has 0 fully saturated rings. The Kier molecular flexibility index (Phi) is 6.83. The van der Waals surface area contributed by atoms with Gasteiger partial charge in [-0.05, 0) is 47.0 Å². The van der Waals surface area contributed by atoms with Gasteiger partial charge in [0.1, 0.15) is 0 Å². The smallest absolute Gasteiger partial charge is 0.319 e. The van der Waals surface area contributed by atoms with E-state index in [1.165, 1.54) is 7.11 Å². The number of methoxy groups -OCH3 is 1. The van der Waals surface area contributed by atoms with Gasteiger partial charge in [-0.1, -0.05) is 6.07 Å². The van der Waals surface area contributed by atoms with Crippen molar-refractivity contribution in [1.29, 1.82) is 0 Å². The van der Waals surface area contributed by atoms with Crippen molar-refractivity contribution in [1.82, 2.24) is 5.32 Å². The Bertz CT molecular complexity index is 426. The van der Waals surface area contributed by atoms with E-state index in [1.54, 1.807) is 0 Å². The first-order valence-corrected chi connectivity index (χ1v) is 6.80. The summed E-state index contributed by atoms with van der Waals surface area (Å²) in [6.45, 7) is 2.61. The van der Waals surface area contributed by atoms with Crippen molar-refractivity contribution in [2.75, 3.05) is 25.6 Å². The van der Waals surface area contributed by atoms with Crippen molar-refractivity contribution >= 4 is 27.6 Å². The minimum Gasteiger partial charge on any atom is -0.391 e. The molecule has 1 unspecified atom stereocenters. The Labute approximate surface area is 121 Å². The summed E-state index contributed by atoms with van der Waals surface area (Å²) >= 11 is 3.37. The third-order valence-corrected chi connectivity index (χ3v) is 3.18. The quantitative estimate of drug-likeness (QED) is 0.749. The maximum absolute atomic E-state index is 11.7. The predicted molar refractivity (Wildman–Crippen MR) is 78.4 cm³/mol. The molecule has 1 aromatic rings. The summed E-state index contributed by atoms with van der Waals surface area (Å²) in [5.74, 6) is 0. The molecule has 1 rings (SSSR count). The van der Waals surface area contributed by atoms with Gasteiger partial charge in [0.2, 0.25) is 0 Å². The molecule has 0 aromatic heterocycles. The number of benzene rings is 1. The van der Waals surface area contributed by atoms with Crippen LogP contribution in [0.25, 0.3) is 0 Å². The maximum atomic E-state index is 11.7. The summed E-state index contributed by atoms with van der Waals surface area (Å²) in [5.41, 5.74) is 1.78. The monoisotopic (exact) mass is 330 g/mol. The van der Waals surface area contributed by atoms with Gasteiger partial charge >= 0.3 is 6.03 Å². The first-order chi connectivity index (χ1) is 9.02. The van der Waals surface area contributed by atoms with Crippen LogP contribution in [0.3, 0.4) is 0 Å². The van der Waals surface area contributed by atoms with E-state index < -0.39 is 6.10 Å². The second-order valence-electron chi connectivity index (χ2n) is 4.26. The van der Waals surface area contributed by atoms with Crippen molar-refractivity contribution < 1.29 is 14.6 Å². The molecule has 19 heavy (non-hydrogen) atoms. The molecule has 106 valence electrons. The number of urea groups is 1. The summed E-state index contributed by atoms with van der Waals surface area (Å²) in [7, 11) is 1.53. The van der Waals surface area contributed by atoms with Gasteiger partial charge in [-0.2, -0.15) is 0 Å². The fraction of sp³-hybridized carbons (Fsp3) is 0.462. The molecule has 5 nitrogen and oxygen atoms in total. The molecule has 0 aliphatic rings. The van der Waals surface area contributed by atoms with E-state index in [-0.39, 0.29) is 12.6 Å². The maximum Gasteiger partial charge on any atom is 0.319 e. The lowest BCUT2D eigenvalue weighted by Gasteiger charge is -2.12. The molecule has 6 heteroatoms. The molecule has 0 heterocycles. The zero-order valence-corrected chi connectivity index (χ0v) is 12.7. The second kappa shape index (κ2) is 8.14. The Balaban J connectivity index is 2.37. The third-order valence-electron chi connectivity index (χ3n) is 2.49. The Morgan fingerprint density at radius 1 is 1.53 bits per heavy atom. The van der Waals surface area contributed by atoms with Gasteiger partial charge in [-0.15, -0.1) is 0 Å². The van der Waals surface area contributed by atoms with Crippen LogP contribution in [0.5, 0.6) is 0 Å². The van der Waals surface area contributed by atoms with E-state index in [0.717, 1.165) is 15.7 Å². The second-order valence-corrected chi connectivity index (χ2v) is 5.12. The van der Waals surface area contributed by atoms with Crippen molar-refractivity contribution in [2.45, 2.75) is 19.4 Å². The predicted octanol–water partition coefficient (Wildman–Crippen LogP) is 2.28. The molecule has 0 bridgehead atoms. The van der Waals surface area contributed by atoms with Gasteiger partial charge in [0, 0.05) is 18.1 Å². The molecule has 2 amide bonds. The first kappa shape index (κ1) is 15.9. The molecular formula is C13H19BrN2O3. The fourth-order valence-electron chi connectivity index (χ4n) is 1.53. The van der Waals surface area contributed by atoms with Crippen molar-refractivity contribution in [3.8, 4) is 0 Å². The van der Waals surface area contributed by atoms with Crippen LogP contribution in [0.4, 0.5) is 10.5 Å². The third kappa shape index (κ3) is 6.04. The van der Waals surface area contributed by atoms with Crippen molar-refractivity contribution in [2.24, 2.45) is 0 Å². The minimum atomic E-state index is -0.559. The number of aliphatic hydroxyl groups excluding tert-OH is 1. The van der Waals surface area contributed by atoms with E-state index in [9.17, 15) is 9.90 Å². The summed E-state index contributed by atoms with van der Waals surface area (Å²) in [6.07, 6.45) is -0.105. The zero-order valence-electron chi connectivity index (χ0n) is 11.1. The molecule has 1 aromatic carbocycles. The van der Waals surface area contributed by atoms with Crippen LogP contribution < -0.4 is 10.6 Å². The van der Waals surface area contributed by atoms with E-state index in [0.29, 0.717) is 13.0 Å². The number of carbonyl (C=O) groups excluding carboxylic acids is 1. The minimum absolute atomic E-state index is 0.271. The molecule has 0 aliphatic heterocycles. The van der Waals surface area contributed by atoms with Gasteiger partial charge in [0.25, 0.3) is 0 Å². The fourth-order valence-corrected chi connectivity index (χ4v) is 1.88. The van der Waals surface area contributed by atoms with E-state index in [4.69, 9.17) is 4.74 Å². The Morgan fingerprint density at radius 2 is 2.26 bits per heavy atom. The van der Waals surface area contributed by atoms with E-state index >= 15 is 0 Å². The van der Waals surface area contributed by atoms with E-state index in [1.807, 2.05) is 25.1 Å². The highest BCUT2D eigenvalue weighted by atomic mass is 79.9. The Hall–Kier alpha value is -1.11. The summed E-state index contributed by atoms with van der Waals surface area (Å²) in [4.78, 5) is 11.7. The number of nitrogens with one attached hydrogen (secondary N) is 2. The number of amides is 2. The number of halogens is 1. The number of carbonyl (C=O) groups is 1. The SMILES string of the molecule is COCC(O)CCNC(=O)Nc1cc(C)ccc1Br. The molecule has 1 atom stereocenters. The number of aryl methyl sites for hydroxylation is 1. The summed E-state index contributed by atoms with van der Waals surface area (Å²) < 4.78 is 5.63. The number of rotatable bonds is 6. The van der Waals surface area contributed by atoms with Gasteiger partial charge in [-0.25, -0.2) is 4.79 Å². The summed E-state index contributed by atoms with van der Waals surface area (Å²) in [6, 6.07) is 5.42. The largest absolute Gasteiger partial charge is 0.391 e. The molecule has 0 spiro atoms. The van der Waals surface area contributed by atoms with Crippen molar-refractivity contribution in [3.63, 3.8) is 0 Å². The lowest BCUT2D eigenvalue weighted by molar-refractivity contribution is 0.0599. The molecular weight excluding hydrogens is 312 g/mol. The standard InChI is InChI=1S/C13H19BrN2O3/c1-9-3-4-11(14)12(7-9)16-13(18)15-6-5-10(17)8-19-2/h3-4,7,10,17H,5-6,8H2,1-2H3,(H2,15,16,18). The van der Waals surface area contributed by atoms with Crippen LogP contribution in [-0.2, 0) is 4.74 Å². The van der Waals surface area contributed by atoms with Gasteiger partial charge in [-0.3, -0.25) is 0 Å². The van der Waals surface area contributed by atoms with Crippen LogP contribution >= 0.6 is 15.9 Å². The average Bonchev–Trinajstić information content (AvgIpc) is 2.34. The van der Waals surface area contributed by atoms with Gasteiger partial charge < -0.3 is 20.5 Å². The molecule has 3 N–H and O–H groups in total. The number of aliphatic hydroxyl groups is 1. The van der Waals surface area contributed by atoms with Crippen LogP contribution in [0, 0.1) is 6.92 Å². The highest BCUT2D eigenvalue weighted by Crippen LogP contribution is 2.23. The molecule has 0 aliphatic carbocycles. The van der Waals surface area contributed by atoms with E-state index in [2.05, 4.69) is 26.6 Å². The number of hydrogen-bond acceptors (Lipinski definition) is 3. The lowest BCUT2D eigenvalue weighted by atomic mass is 10.2. The Morgan fingerprint density at radius 3 is 2.95 bits per heavy atom. The molecule has 0 radical (unpaired) electrons. The van der Waals surface area contributed by atoms with Gasteiger partial charge in [0.15, 0.2) is 0 Å². The van der Waals surface area contributed by atoms with Crippen LogP contribution in [0.15, 0.2) is 22.7 Å². The average molecular weight is 331 g/mol. The number of anilines is 1. The normalized spacial score (nSPS) is 12.0. The number of hydrogen-bond donors (Lipinski definition) is 3.